The lowest BCUT2D eigenvalue weighted by molar-refractivity contribution is 0.0270. The summed E-state index contributed by atoms with van der Waals surface area (Å²) in [6, 6.07) is 13.5. The van der Waals surface area contributed by atoms with E-state index in [1.54, 1.807) is 68.1 Å². The highest BCUT2D eigenvalue weighted by Gasteiger charge is 2.30. The van der Waals surface area contributed by atoms with Gasteiger partial charge in [0.2, 0.25) is 0 Å². The van der Waals surface area contributed by atoms with Gasteiger partial charge < -0.3 is 14.7 Å². The van der Waals surface area contributed by atoms with Crippen LogP contribution in [0.5, 0.6) is 5.75 Å². The third-order valence-electron chi connectivity index (χ3n) is 6.65. The number of benzene rings is 2. The highest BCUT2D eigenvalue weighted by molar-refractivity contribution is 7.90. The number of carbonyl (C=O) groups excluding carboxylic acids is 1. The largest absolute Gasteiger partial charge is 0.508 e. The maximum absolute atomic E-state index is 14.9. The number of fused-ring (bicyclic) bond motifs is 1. The fourth-order valence-electron chi connectivity index (χ4n) is 4.71. The summed E-state index contributed by atoms with van der Waals surface area (Å²) >= 11 is 0. The summed E-state index contributed by atoms with van der Waals surface area (Å²) in [4.78, 5) is 18.7. The van der Waals surface area contributed by atoms with Crippen LogP contribution in [0.25, 0.3) is 27.7 Å². The molecule has 0 bridgehead atoms. The molecule has 208 valence electrons. The van der Waals surface area contributed by atoms with Crippen LogP contribution >= 0.6 is 0 Å². The molecule has 0 aliphatic carbocycles. The van der Waals surface area contributed by atoms with E-state index < -0.39 is 27.5 Å². The first-order valence-electron chi connectivity index (χ1n) is 12.8. The van der Waals surface area contributed by atoms with E-state index in [4.69, 9.17) is 4.74 Å². The Balaban J connectivity index is 1.69. The summed E-state index contributed by atoms with van der Waals surface area (Å²) in [5.74, 6) is -0.684. The molecule has 0 saturated heterocycles. The highest BCUT2D eigenvalue weighted by atomic mass is 32.2. The lowest BCUT2D eigenvalue weighted by Gasteiger charge is -2.29. The lowest BCUT2D eigenvalue weighted by atomic mass is 10.0. The number of rotatable bonds is 4. The summed E-state index contributed by atoms with van der Waals surface area (Å²) in [6.45, 7) is 7.82. The zero-order valence-electron chi connectivity index (χ0n) is 22.7. The SMILES string of the molecule is Cc1ccc(S(=O)(=O)n2c(C3=CCN(C(=O)OC(C)(C)C)CC3)cc3c(-c4cc(O)ccc4F)ccnc32)cc1. The molecular weight excluding hydrogens is 533 g/mol. The highest BCUT2D eigenvalue weighted by Crippen LogP contribution is 2.38. The maximum atomic E-state index is 14.9. The van der Waals surface area contributed by atoms with Gasteiger partial charge in [0.1, 0.15) is 17.2 Å². The average Bonchev–Trinajstić information content (AvgIpc) is 3.30. The van der Waals surface area contributed by atoms with Crippen LogP contribution in [-0.4, -0.2) is 52.2 Å². The van der Waals surface area contributed by atoms with Crippen molar-refractivity contribution in [2.24, 2.45) is 0 Å². The summed E-state index contributed by atoms with van der Waals surface area (Å²) < 4.78 is 49.7. The molecule has 3 heterocycles. The number of hydrogen-bond acceptors (Lipinski definition) is 6. The zero-order valence-corrected chi connectivity index (χ0v) is 23.5. The molecular formula is C30H30FN3O5S. The van der Waals surface area contributed by atoms with Gasteiger partial charge in [-0.2, -0.15) is 0 Å². The van der Waals surface area contributed by atoms with Crippen LogP contribution < -0.4 is 0 Å². The molecule has 8 nitrogen and oxygen atoms in total. The van der Waals surface area contributed by atoms with Gasteiger partial charge in [0.05, 0.1) is 10.6 Å². The van der Waals surface area contributed by atoms with Crippen LogP contribution in [0, 0.1) is 12.7 Å². The van der Waals surface area contributed by atoms with Gasteiger partial charge in [-0.05, 0) is 87.7 Å². The Morgan fingerprint density at radius 2 is 1.77 bits per heavy atom. The van der Waals surface area contributed by atoms with Crippen molar-refractivity contribution in [2.45, 2.75) is 44.6 Å². The topological polar surface area (TPSA) is 102 Å². The second-order valence-electron chi connectivity index (χ2n) is 10.8. The van der Waals surface area contributed by atoms with Crippen molar-refractivity contribution in [1.29, 1.82) is 0 Å². The van der Waals surface area contributed by atoms with Gasteiger partial charge in [-0.25, -0.2) is 26.6 Å². The first kappa shape index (κ1) is 27.4. The van der Waals surface area contributed by atoms with Crippen LogP contribution in [0.15, 0.2) is 71.8 Å². The first-order chi connectivity index (χ1) is 18.8. The van der Waals surface area contributed by atoms with Crippen molar-refractivity contribution >= 4 is 32.7 Å². The minimum absolute atomic E-state index is 0.0828. The molecule has 0 fully saturated rings. The molecule has 4 aromatic rings. The molecule has 2 aromatic carbocycles. The van der Waals surface area contributed by atoms with Crippen LogP contribution in [0.4, 0.5) is 9.18 Å². The number of aromatic nitrogens is 2. The number of nitrogens with zero attached hydrogens (tertiary/aromatic N) is 3. The van der Waals surface area contributed by atoms with Crippen molar-refractivity contribution in [3.8, 4) is 16.9 Å². The van der Waals surface area contributed by atoms with E-state index in [0.717, 1.165) is 11.6 Å². The Morgan fingerprint density at radius 1 is 1.05 bits per heavy atom. The fraction of sp³-hybridized carbons (Fsp3) is 0.267. The van der Waals surface area contributed by atoms with Crippen molar-refractivity contribution in [3.63, 3.8) is 0 Å². The molecule has 0 atom stereocenters. The van der Waals surface area contributed by atoms with Gasteiger partial charge in [-0.3, -0.25) is 0 Å². The van der Waals surface area contributed by atoms with Crippen LogP contribution in [-0.2, 0) is 14.8 Å². The Bertz CT molecular complexity index is 1750. The molecule has 1 N–H and O–H groups in total. The number of carbonyl (C=O) groups is 1. The Kier molecular flexibility index (Phi) is 6.91. The smallest absolute Gasteiger partial charge is 0.410 e. The summed E-state index contributed by atoms with van der Waals surface area (Å²) in [5.41, 5.74) is 2.00. The van der Waals surface area contributed by atoms with Gasteiger partial charge in [-0.15, -0.1) is 0 Å². The molecule has 1 aliphatic rings. The number of pyridine rings is 1. The van der Waals surface area contributed by atoms with E-state index in [0.29, 0.717) is 35.2 Å². The number of aromatic hydroxyl groups is 1. The number of aryl methyl sites for hydroxylation is 1. The third kappa shape index (κ3) is 5.19. The Labute approximate surface area is 232 Å². The summed E-state index contributed by atoms with van der Waals surface area (Å²) in [7, 11) is -4.13. The second-order valence-corrected chi connectivity index (χ2v) is 12.6. The van der Waals surface area contributed by atoms with E-state index >= 15 is 0 Å². The van der Waals surface area contributed by atoms with Crippen molar-refractivity contribution in [2.75, 3.05) is 13.1 Å². The second kappa shape index (κ2) is 10.1. The molecule has 5 rings (SSSR count). The summed E-state index contributed by atoms with van der Waals surface area (Å²) in [5, 5.41) is 10.5. The molecule has 1 amide bonds. The van der Waals surface area contributed by atoms with Gasteiger partial charge in [-0.1, -0.05) is 23.8 Å². The van der Waals surface area contributed by atoms with Gasteiger partial charge in [0.25, 0.3) is 10.0 Å². The molecule has 0 spiro atoms. The Hall–Kier alpha value is -4.18. The standard InChI is InChI=1S/C30H30FN3O5S/c1-19-5-8-22(9-6-19)40(37,38)34-27(20-12-15-33(16-13-20)29(36)39-30(2,3)4)18-25-23(11-14-32-28(25)34)24-17-21(35)7-10-26(24)31/h5-12,14,17-18,35H,13,15-16H2,1-4H3. The van der Waals surface area contributed by atoms with Gasteiger partial charge in [0.15, 0.2) is 5.65 Å². The van der Waals surface area contributed by atoms with E-state index in [2.05, 4.69) is 4.98 Å². The number of amides is 1. The quantitative estimate of drug-likeness (QED) is 0.321. The first-order valence-corrected chi connectivity index (χ1v) is 14.3. The molecule has 0 saturated carbocycles. The molecule has 0 unspecified atom stereocenters. The maximum Gasteiger partial charge on any atom is 0.410 e. The normalized spacial score (nSPS) is 14.3. The molecule has 2 aromatic heterocycles. The number of halogens is 1. The van der Waals surface area contributed by atoms with Crippen molar-refractivity contribution in [1.82, 2.24) is 13.9 Å². The van der Waals surface area contributed by atoms with E-state index in [1.165, 1.54) is 22.3 Å². The summed E-state index contributed by atoms with van der Waals surface area (Å²) in [6.07, 6.45) is 3.15. The predicted molar refractivity (Wildman–Crippen MR) is 151 cm³/mol. The van der Waals surface area contributed by atoms with Crippen LogP contribution in [0.1, 0.15) is 38.4 Å². The molecule has 10 heteroatoms. The number of phenols is 1. The van der Waals surface area contributed by atoms with E-state index in [-0.39, 0.29) is 28.4 Å². The lowest BCUT2D eigenvalue weighted by Crippen LogP contribution is -2.39. The number of hydrogen-bond donors (Lipinski definition) is 1. The minimum atomic E-state index is -4.13. The van der Waals surface area contributed by atoms with E-state index in [1.807, 2.05) is 6.92 Å². The molecule has 40 heavy (non-hydrogen) atoms. The monoisotopic (exact) mass is 563 g/mol. The van der Waals surface area contributed by atoms with Gasteiger partial charge in [0, 0.05) is 30.2 Å². The molecule has 0 radical (unpaired) electrons. The van der Waals surface area contributed by atoms with Crippen LogP contribution in [0.3, 0.4) is 0 Å². The molecule has 1 aliphatic heterocycles. The minimum Gasteiger partial charge on any atom is -0.508 e. The number of ether oxygens (including phenoxy) is 1. The fourth-order valence-corrected chi connectivity index (χ4v) is 6.20. The van der Waals surface area contributed by atoms with E-state index in [9.17, 15) is 22.7 Å². The Morgan fingerprint density at radius 3 is 2.42 bits per heavy atom. The average molecular weight is 564 g/mol. The van der Waals surface area contributed by atoms with Gasteiger partial charge >= 0.3 is 6.09 Å². The number of phenolic OH excluding ortho intramolecular Hbond substituents is 1. The van der Waals surface area contributed by atoms with Crippen molar-refractivity contribution in [3.05, 3.63) is 83.9 Å². The zero-order chi connectivity index (χ0) is 28.8. The predicted octanol–water partition coefficient (Wildman–Crippen LogP) is 6.12. The van der Waals surface area contributed by atoms with Crippen molar-refractivity contribution < 1.29 is 27.4 Å². The van der Waals surface area contributed by atoms with Crippen LogP contribution in [0.2, 0.25) is 0 Å². The third-order valence-corrected chi connectivity index (χ3v) is 8.37.